The van der Waals surface area contributed by atoms with E-state index in [9.17, 15) is 18.0 Å². The minimum atomic E-state index is -4.46. The van der Waals surface area contributed by atoms with Gasteiger partial charge in [-0.15, -0.1) is 0 Å². The maximum absolute atomic E-state index is 13.0. The third-order valence-corrected chi connectivity index (χ3v) is 3.90. The molecule has 3 aromatic heterocycles. The van der Waals surface area contributed by atoms with E-state index in [0.717, 1.165) is 12.1 Å². The van der Waals surface area contributed by atoms with Crippen LogP contribution in [0.5, 0.6) is 0 Å². The molecule has 1 amide bonds. The minimum absolute atomic E-state index is 0.154. The van der Waals surface area contributed by atoms with Crippen LogP contribution in [-0.4, -0.2) is 30.5 Å². The average molecular weight is 384 g/mol. The van der Waals surface area contributed by atoms with Crippen LogP contribution >= 0.6 is 0 Å². The van der Waals surface area contributed by atoms with Crippen molar-refractivity contribution in [1.82, 2.24) is 24.6 Å². The fourth-order valence-electron chi connectivity index (χ4n) is 2.61. The zero-order valence-electron chi connectivity index (χ0n) is 14.1. The van der Waals surface area contributed by atoms with E-state index in [0.29, 0.717) is 11.5 Å². The number of anilines is 1. The molecular formula is C18H11F3N6O. The number of hydrogen-bond acceptors (Lipinski definition) is 5. The van der Waals surface area contributed by atoms with E-state index in [1.165, 1.54) is 53.6 Å². The first-order valence-electron chi connectivity index (χ1n) is 8.01. The maximum atomic E-state index is 13.0. The molecule has 4 rings (SSSR count). The largest absolute Gasteiger partial charge is 0.416 e. The standard InChI is InChI=1S/C18H11F3N6O/c19-18(20,21)12-3-1-2-11(8-12)13-9-16-23-7-4-14(27(16)26-13)17(28)25-15-5-6-22-10-24-15/h1-10H,(H,22,24,25,28). The zero-order valence-corrected chi connectivity index (χ0v) is 14.1. The Morgan fingerprint density at radius 2 is 1.89 bits per heavy atom. The van der Waals surface area contributed by atoms with Gasteiger partial charge in [0.25, 0.3) is 5.91 Å². The Morgan fingerprint density at radius 3 is 2.64 bits per heavy atom. The minimum Gasteiger partial charge on any atom is -0.305 e. The molecule has 4 aromatic rings. The van der Waals surface area contributed by atoms with Gasteiger partial charge in [-0.3, -0.25) is 4.79 Å². The highest BCUT2D eigenvalue weighted by Gasteiger charge is 2.30. The Labute approximate surface area is 155 Å². The summed E-state index contributed by atoms with van der Waals surface area (Å²) in [6.07, 6.45) is -0.278. The van der Waals surface area contributed by atoms with Gasteiger partial charge >= 0.3 is 6.18 Å². The van der Waals surface area contributed by atoms with Crippen LogP contribution in [0, 0.1) is 0 Å². The highest BCUT2D eigenvalue weighted by Crippen LogP contribution is 2.32. The van der Waals surface area contributed by atoms with Gasteiger partial charge in [0.15, 0.2) is 5.65 Å². The molecule has 0 unspecified atom stereocenters. The normalized spacial score (nSPS) is 11.5. The number of fused-ring (bicyclic) bond motifs is 1. The van der Waals surface area contributed by atoms with Crippen molar-refractivity contribution in [3.05, 3.63) is 72.4 Å². The first-order chi connectivity index (χ1) is 13.4. The Kier molecular flexibility index (Phi) is 4.22. The SMILES string of the molecule is O=C(Nc1ccncn1)c1ccnc2cc(-c3cccc(C(F)(F)F)c3)nn12. The molecule has 0 spiro atoms. The number of halogens is 3. The molecule has 0 aliphatic rings. The molecule has 1 aromatic carbocycles. The molecule has 10 heteroatoms. The van der Waals surface area contributed by atoms with E-state index in [1.54, 1.807) is 0 Å². The van der Waals surface area contributed by atoms with Crippen LogP contribution in [0.3, 0.4) is 0 Å². The smallest absolute Gasteiger partial charge is 0.305 e. The summed E-state index contributed by atoms with van der Waals surface area (Å²) in [5.41, 5.74) is 0.227. The maximum Gasteiger partial charge on any atom is 0.416 e. The number of nitrogens with zero attached hydrogens (tertiary/aromatic N) is 5. The van der Waals surface area contributed by atoms with Gasteiger partial charge < -0.3 is 5.32 Å². The molecule has 0 aliphatic heterocycles. The summed E-state index contributed by atoms with van der Waals surface area (Å²) in [5.74, 6) is -0.194. The van der Waals surface area contributed by atoms with Crippen molar-refractivity contribution in [2.75, 3.05) is 5.32 Å². The van der Waals surface area contributed by atoms with Gasteiger partial charge in [-0.1, -0.05) is 12.1 Å². The number of nitrogens with one attached hydrogen (secondary N) is 1. The Morgan fingerprint density at radius 1 is 1.04 bits per heavy atom. The molecule has 0 saturated heterocycles. The zero-order chi connectivity index (χ0) is 19.7. The topological polar surface area (TPSA) is 85.1 Å². The fourth-order valence-corrected chi connectivity index (χ4v) is 2.61. The van der Waals surface area contributed by atoms with Gasteiger partial charge in [0.1, 0.15) is 17.8 Å². The first kappa shape index (κ1) is 17.6. The van der Waals surface area contributed by atoms with Gasteiger partial charge in [0, 0.05) is 24.0 Å². The summed E-state index contributed by atoms with van der Waals surface area (Å²) in [5, 5.41) is 6.86. The van der Waals surface area contributed by atoms with Crippen molar-refractivity contribution in [1.29, 1.82) is 0 Å². The molecule has 3 heterocycles. The Balaban J connectivity index is 1.73. The van der Waals surface area contributed by atoms with Crippen LogP contribution in [0.15, 0.2) is 61.2 Å². The summed E-state index contributed by atoms with van der Waals surface area (Å²) >= 11 is 0. The van der Waals surface area contributed by atoms with Crippen LogP contribution in [0.25, 0.3) is 16.9 Å². The predicted octanol–water partition coefficient (Wildman–Crippen LogP) is 3.46. The van der Waals surface area contributed by atoms with Crippen molar-refractivity contribution in [3.8, 4) is 11.3 Å². The summed E-state index contributed by atoms with van der Waals surface area (Å²) in [6.45, 7) is 0. The predicted molar refractivity (Wildman–Crippen MR) is 93.4 cm³/mol. The summed E-state index contributed by atoms with van der Waals surface area (Å²) in [7, 11) is 0. The van der Waals surface area contributed by atoms with Crippen molar-refractivity contribution in [2.24, 2.45) is 0 Å². The number of carbonyl (C=O) groups is 1. The monoisotopic (exact) mass is 384 g/mol. The third-order valence-electron chi connectivity index (χ3n) is 3.90. The molecule has 0 bridgehead atoms. The van der Waals surface area contributed by atoms with Crippen molar-refractivity contribution < 1.29 is 18.0 Å². The molecule has 28 heavy (non-hydrogen) atoms. The second-order valence-electron chi connectivity index (χ2n) is 5.76. The van der Waals surface area contributed by atoms with E-state index in [4.69, 9.17) is 0 Å². The first-order valence-corrected chi connectivity index (χ1v) is 8.01. The van der Waals surface area contributed by atoms with E-state index in [2.05, 4.69) is 25.4 Å². The number of benzene rings is 1. The lowest BCUT2D eigenvalue weighted by Crippen LogP contribution is -2.17. The quantitative estimate of drug-likeness (QED) is 0.585. The molecule has 0 fully saturated rings. The van der Waals surface area contributed by atoms with Crippen LogP contribution in [-0.2, 0) is 6.18 Å². The Bertz CT molecular complexity index is 1160. The van der Waals surface area contributed by atoms with Crippen molar-refractivity contribution in [2.45, 2.75) is 6.18 Å². The molecule has 1 N–H and O–H groups in total. The van der Waals surface area contributed by atoms with Gasteiger partial charge in [-0.25, -0.2) is 19.5 Å². The number of amides is 1. The van der Waals surface area contributed by atoms with E-state index >= 15 is 0 Å². The number of alkyl halides is 3. The molecule has 140 valence electrons. The van der Waals surface area contributed by atoms with Gasteiger partial charge in [-0.05, 0) is 24.3 Å². The summed E-state index contributed by atoms with van der Waals surface area (Å²) < 4.78 is 40.2. The van der Waals surface area contributed by atoms with Gasteiger partial charge in [0.05, 0.1) is 11.3 Å². The Hall–Kier alpha value is -3.82. The van der Waals surface area contributed by atoms with Crippen molar-refractivity contribution in [3.63, 3.8) is 0 Å². The van der Waals surface area contributed by atoms with Crippen LogP contribution in [0.1, 0.15) is 16.1 Å². The van der Waals surface area contributed by atoms with Crippen LogP contribution in [0.2, 0.25) is 0 Å². The number of rotatable bonds is 3. The number of hydrogen-bond donors (Lipinski definition) is 1. The van der Waals surface area contributed by atoms with Crippen LogP contribution in [0.4, 0.5) is 19.0 Å². The summed E-state index contributed by atoms with van der Waals surface area (Å²) in [4.78, 5) is 24.4. The number of aromatic nitrogens is 5. The molecule has 7 nitrogen and oxygen atoms in total. The lowest BCUT2D eigenvalue weighted by molar-refractivity contribution is -0.137. The number of carbonyl (C=O) groups excluding carboxylic acids is 1. The van der Waals surface area contributed by atoms with Gasteiger partial charge in [0.2, 0.25) is 0 Å². The lowest BCUT2D eigenvalue weighted by Gasteiger charge is -2.07. The fraction of sp³-hybridized carbons (Fsp3) is 0.0556. The highest BCUT2D eigenvalue weighted by atomic mass is 19.4. The van der Waals surface area contributed by atoms with Crippen molar-refractivity contribution >= 4 is 17.4 Å². The lowest BCUT2D eigenvalue weighted by atomic mass is 10.1. The molecule has 0 saturated carbocycles. The molecular weight excluding hydrogens is 373 g/mol. The van der Waals surface area contributed by atoms with Gasteiger partial charge in [-0.2, -0.15) is 18.3 Å². The average Bonchev–Trinajstić information content (AvgIpc) is 3.12. The second-order valence-corrected chi connectivity index (χ2v) is 5.76. The van der Waals surface area contributed by atoms with E-state index in [1.807, 2.05) is 0 Å². The van der Waals surface area contributed by atoms with E-state index < -0.39 is 17.6 Å². The van der Waals surface area contributed by atoms with Crippen LogP contribution < -0.4 is 5.32 Å². The summed E-state index contributed by atoms with van der Waals surface area (Å²) in [6, 6.07) is 9.29. The molecule has 0 radical (unpaired) electrons. The van der Waals surface area contributed by atoms with E-state index in [-0.39, 0.29) is 17.0 Å². The molecule has 0 aliphatic carbocycles. The molecule has 0 atom stereocenters. The highest BCUT2D eigenvalue weighted by molar-refractivity contribution is 6.02. The third kappa shape index (κ3) is 3.39. The second kappa shape index (κ2) is 6.72.